The Morgan fingerprint density at radius 3 is 2.73 bits per heavy atom. The lowest BCUT2D eigenvalue weighted by atomic mass is 9.73. The number of likely N-dealkylation sites (tertiary alicyclic amines) is 1. The minimum atomic E-state index is -0.368. The molecule has 4 rings (SSSR count). The first kappa shape index (κ1) is 20.8. The van der Waals surface area contributed by atoms with Crippen LogP contribution in [0.25, 0.3) is 0 Å². The molecule has 2 fully saturated rings. The van der Waals surface area contributed by atoms with Crippen LogP contribution in [0.2, 0.25) is 0 Å². The van der Waals surface area contributed by atoms with E-state index in [1.165, 1.54) is 11.3 Å². The lowest BCUT2D eigenvalue weighted by Gasteiger charge is -2.30. The average molecular weight is 414 g/mol. The van der Waals surface area contributed by atoms with Gasteiger partial charge in [0.05, 0.1) is 11.1 Å². The normalized spacial score (nSPS) is 20.3. The minimum absolute atomic E-state index is 0.0262. The number of hydrogen-bond acceptors (Lipinski definition) is 5. The number of amides is 3. The second-order valence-corrected chi connectivity index (χ2v) is 8.74. The van der Waals surface area contributed by atoms with Gasteiger partial charge in [0, 0.05) is 13.0 Å². The van der Waals surface area contributed by atoms with Crippen LogP contribution in [-0.4, -0.2) is 48.9 Å². The Morgan fingerprint density at radius 2 is 1.90 bits per heavy atom. The van der Waals surface area contributed by atoms with Gasteiger partial charge in [-0.15, -0.1) is 0 Å². The van der Waals surface area contributed by atoms with E-state index >= 15 is 0 Å². The van der Waals surface area contributed by atoms with Gasteiger partial charge in [0.1, 0.15) is 5.75 Å². The molecule has 1 saturated heterocycles. The zero-order valence-electron chi connectivity index (χ0n) is 17.5. The quantitative estimate of drug-likeness (QED) is 0.505. The molecule has 0 unspecified atom stereocenters. The highest BCUT2D eigenvalue weighted by Gasteiger charge is 2.51. The Kier molecular flexibility index (Phi) is 6.37. The van der Waals surface area contributed by atoms with Crippen molar-refractivity contribution in [2.24, 2.45) is 5.41 Å². The Hall–Kier alpha value is -2.41. The fraction of sp³-hybridized carbons (Fsp3) is 0.609. The van der Waals surface area contributed by atoms with E-state index in [0.29, 0.717) is 18.7 Å². The molecule has 1 aromatic carbocycles. The standard InChI is InChI=1S/C23H31N3O4/c27-20-16-30-19-7-6-17(14-18(19)25-20)8-12-24-11-4-5-13-26-21(28)15-23(22(26)29)9-2-1-3-10-23/h6-7,14,24H,1-5,8-13,15-16H2,(H,25,27). The van der Waals surface area contributed by atoms with Crippen molar-refractivity contribution < 1.29 is 19.1 Å². The number of imide groups is 1. The monoisotopic (exact) mass is 413 g/mol. The van der Waals surface area contributed by atoms with E-state index in [-0.39, 0.29) is 29.7 Å². The van der Waals surface area contributed by atoms with Crippen molar-refractivity contribution in [3.8, 4) is 5.75 Å². The highest BCUT2D eigenvalue weighted by Crippen LogP contribution is 2.45. The Morgan fingerprint density at radius 1 is 1.07 bits per heavy atom. The third-order valence-electron chi connectivity index (χ3n) is 6.55. The van der Waals surface area contributed by atoms with E-state index in [2.05, 4.69) is 10.6 Å². The molecule has 2 aliphatic heterocycles. The molecular weight excluding hydrogens is 382 g/mol. The molecule has 1 spiro atoms. The van der Waals surface area contributed by atoms with E-state index in [1.807, 2.05) is 18.2 Å². The molecule has 1 saturated carbocycles. The highest BCUT2D eigenvalue weighted by atomic mass is 16.5. The summed E-state index contributed by atoms with van der Waals surface area (Å²) < 4.78 is 5.38. The summed E-state index contributed by atoms with van der Waals surface area (Å²) in [6, 6.07) is 5.87. The highest BCUT2D eigenvalue weighted by molar-refractivity contribution is 6.05. The summed E-state index contributed by atoms with van der Waals surface area (Å²) >= 11 is 0. The third-order valence-corrected chi connectivity index (χ3v) is 6.55. The van der Waals surface area contributed by atoms with Gasteiger partial charge in [0.15, 0.2) is 6.61 Å². The number of carbonyl (C=O) groups is 3. The molecule has 0 aromatic heterocycles. The van der Waals surface area contributed by atoms with Crippen molar-refractivity contribution in [2.45, 2.75) is 57.8 Å². The minimum Gasteiger partial charge on any atom is -0.482 e. The average Bonchev–Trinajstić information content (AvgIpc) is 2.96. The molecule has 30 heavy (non-hydrogen) atoms. The van der Waals surface area contributed by atoms with Crippen molar-refractivity contribution in [3.05, 3.63) is 23.8 Å². The van der Waals surface area contributed by atoms with Crippen LogP contribution in [0.4, 0.5) is 5.69 Å². The predicted octanol–water partition coefficient (Wildman–Crippen LogP) is 2.64. The van der Waals surface area contributed by atoms with Crippen LogP contribution < -0.4 is 15.4 Å². The van der Waals surface area contributed by atoms with Gasteiger partial charge in [-0.1, -0.05) is 25.3 Å². The van der Waals surface area contributed by atoms with Gasteiger partial charge in [-0.2, -0.15) is 0 Å². The number of unbranched alkanes of at least 4 members (excludes halogenated alkanes) is 1. The summed E-state index contributed by atoms with van der Waals surface area (Å²) in [5.41, 5.74) is 1.50. The first-order chi connectivity index (χ1) is 14.6. The van der Waals surface area contributed by atoms with E-state index in [9.17, 15) is 14.4 Å². The number of rotatable bonds is 8. The number of carbonyl (C=O) groups excluding carboxylic acids is 3. The van der Waals surface area contributed by atoms with Gasteiger partial charge in [-0.3, -0.25) is 19.3 Å². The maximum Gasteiger partial charge on any atom is 0.262 e. The number of anilines is 1. The van der Waals surface area contributed by atoms with Crippen molar-refractivity contribution >= 4 is 23.4 Å². The number of nitrogens with one attached hydrogen (secondary N) is 2. The first-order valence-corrected chi connectivity index (χ1v) is 11.2. The van der Waals surface area contributed by atoms with Gasteiger partial charge in [0.2, 0.25) is 11.8 Å². The van der Waals surface area contributed by atoms with E-state index in [1.54, 1.807) is 0 Å². The fourth-order valence-electron chi connectivity index (χ4n) is 4.87. The second-order valence-electron chi connectivity index (χ2n) is 8.74. The summed E-state index contributed by atoms with van der Waals surface area (Å²) in [4.78, 5) is 38.1. The summed E-state index contributed by atoms with van der Waals surface area (Å²) in [7, 11) is 0. The third kappa shape index (κ3) is 4.51. The molecule has 3 amide bonds. The SMILES string of the molecule is O=C1COc2ccc(CCNCCCCN3C(=O)CC4(CCCCC4)C3=O)cc2N1. The molecule has 1 aromatic rings. The smallest absolute Gasteiger partial charge is 0.262 e. The lowest BCUT2D eigenvalue weighted by Crippen LogP contribution is -2.37. The predicted molar refractivity (Wildman–Crippen MR) is 113 cm³/mol. The molecule has 0 radical (unpaired) electrons. The summed E-state index contributed by atoms with van der Waals surface area (Å²) in [5.74, 6) is 0.705. The van der Waals surface area contributed by atoms with Crippen LogP contribution in [0.15, 0.2) is 18.2 Å². The van der Waals surface area contributed by atoms with Gasteiger partial charge in [-0.05, 0) is 62.9 Å². The van der Waals surface area contributed by atoms with E-state index < -0.39 is 0 Å². The Balaban J connectivity index is 1.14. The summed E-state index contributed by atoms with van der Waals surface area (Å²) in [5, 5.41) is 6.25. The second kappa shape index (κ2) is 9.16. The van der Waals surface area contributed by atoms with E-state index in [0.717, 1.165) is 69.3 Å². The van der Waals surface area contributed by atoms with Crippen molar-refractivity contribution in [1.29, 1.82) is 0 Å². The molecule has 7 nitrogen and oxygen atoms in total. The molecule has 3 aliphatic rings. The number of fused-ring (bicyclic) bond motifs is 1. The molecule has 0 atom stereocenters. The first-order valence-electron chi connectivity index (χ1n) is 11.2. The molecule has 1 aliphatic carbocycles. The Labute approximate surface area is 177 Å². The fourth-order valence-corrected chi connectivity index (χ4v) is 4.87. The van der Waals surface area contributed by atoms with Crippen molar-refractivity contribution in [3.63, 3.8) is 0 Å². The maximum absolute atomic E-state index is 12.8. The lowest BCUT2D eigenvalue weighted by molar-refractivity contribution is -0.142. The largest absolute Gasteiger partial charge is 0.482 e. The number of nitrogens with zero attached hydrogens (tertiary/aromatic N) is 1. The van der Waals surface area contributed by atoms with Crippen LogP contribution in [0.3, 0.4) is 0 Å². The zero-order chi connectivity index (χ0) is 21.0. The van der Waals surface area contributed by atoms with Gasteiger partial charge in [-0.25, -0.2) is 0 Å². The van der Waals surface area contributed by atoms with Crippen LogP contribution >= 0.6 is 0 Å². The van der Waals surface area contributed by atoms with Crippen LogP contribution in [0, 0.1) is 5.41 Å². The van der Waals surface area contributed by atoms with E-state index in [4.69, 9.17) is 4.74 Å². The van der Waals surface area contributed by atoms with Crippen molar-refractivity contribution in [1.82, 2.24) is 10.2 Å². The van der Waals surface area contributed by atoms with Gasteiger partial charge < -0.3 is 15.4 Å². The van der Waals surface area contributed by atoms with Crippen LogP contribution in [-0.2, 0) is 20.8 Å². The number of hydrogen-bond donors (Lipinski definition) is 2. The van der Waals surface area contributed by atoms with Gasteiger partial charge >= 0.3 is 0 Å². The van der Waals surface area contributed by atoms with Gasteiger partial charge in [0.25, 0.3) is 5.91 Å². The molecule has 2 heterocycles. The molecule has 162 valence electrons. The Bertz CT molecular complexity index is 817. The summed E-state index contributed by atoms with van der Waals surface area (Å²) in [6.45, 7) is 2.31. The van der Waals surface area contributed by atoms with Crippen LogP contribution in [0.5, 0.6) is 5.75 Å². The maximum atomic E-state index is 12.8. The molecule has 7 heteroatoms. The summed E-state index contributed by atoms with van der Waals surface area (Å²) in [6.07, 6.45) is 8.14. The van der Waals surface area contributed by atoms with Crippen molar-refractivity contribution in [2.75, 3.05) is 31.6 Å². The topological polar surface area (TPSA) is 87.7 Å². The molecule has 2 N–H and O–H groups in total. The number of ether oxygens (including phenoxy) is 1. The molecular formula is C23H31N3O4. The zero-order valence-corrected chi connectivity index (χ0v) is 17.5. The number of benzene rings is 1. The van der Waals surface area contributed by atoms with Crippen LogP contribution in [0.1, 0.15) is 56.9 Å². The molecule has 0 bridgehead atoms.